The zero-order valence-electron chi connectivity index (χ0n) is 18.4. The SMILES string of the molecule is CCCSc1ccc(-c2nn(-c3ccccc3)cc2CNC(=O)c2ccc(C)cc2)cc1. The topological polar surface area (TPSA) is 46.9 Å². The summed E-state index contributed by atoms with van der Waals surface area (Å²) in [7, 11) is 0. The van der Waals surface area contributed by atoms with Gasteiger partial charge >= 0.3 is 0 Å². The number of nitrogens with zero attached hydrogens (tertiary/aromatic N) is 2. The average molecular weight is 442 g/mol. The van der Waals surface area contributed by atoms with E-state index in [9.17, 15) is 4.79 Å². The molecule has 4 aromatic rings. The van der Waals surface area contributed by atoms with E-state index in [1.165, 1.54) is 4.90 Å². The molecule has 1 aromatic heterocycles. The smallest absolute Gasteiger partial charge is 0.251 e. The molecule has 0 aliphatic heterocycles. The lowest BCUT2D eigenvalue weighted by Crippen LogP contribution is -2.22. The molecule has 0 bridgehead atoms. The van der Waals surface area contributed by atoms with Crippen LogP contribution in [-0.2, 0) is 6.54 Å². The zero-order valence-corrected chi connectivity index (χ0v) is 19.2. The summed E-state index contributed by atoms with van der Waals surface area (Å²) in [6, 6.07) is 26.1. The van der Waals surface area contributed by atoms with Gasteiger partial charge in [0.15, 0.2) is 0 Å². The van der Waals surface area contributed by atoms with Crippen molar-refractivity contribution in [2.24, 2.45) is 0 Å². The number of amides is 1. The molecule has 0 saturated heterocycles. The molecule has 0 spiro atoms. The van der Waals surface area contributed by atoms with Gasteiger partial charge in [-0.2, -0.15) is 5.10 Å². The van der Waals surface area contributed by atoms with Crippen molar-refractivity contribution in [2.75, 3.05) is 5.75 Å². The molecule has 1 amide bonds. The maximum Gasteiger partial charge on any atom is 0.251 e. The lowest BCUT2D eigenvalue weighted by Gasteiger charge is -2.07. The number of carbonyl (C=O) groups excluding carboxylic acids is 1. The molecule has 4 nitrogen and oxygen atoms in total. The summed E-state index contributed by atoms with van der Waals surface area (Å²) >= 11 is 1.86. The summed E-state index contributed by atoms with van der Waals surface area (Å²) in [6.07, 6.45) is 3.15. The van der Waals surface area contributed by atoms with Crippen molar-refractivity contribution in [2.45, 2.75) is 31.7 Å². The summed E-state index contributed by atoms with van der Waals surface area (Å²) in [4.78, 5) is 13.9. The highest BCUT2D eigenvalue weighted by Gasteiger charge is 2.14. The summed E-state index contributed by atoms with van der Waals surface area (Å²) in [5.41, 5.74) is 5.67. The highest BCUT2D eigenvalue weighted by Crippen LogP contribution is 2.27. The minimum absolute atomic E-state index is 0.0882. The molecule has 0 aliphatic carbocycles. The molecule has 1 heterocycles. The van der Waals surface area contributed by atoms with Crippen LogP contribution in [0.2, 0.25) is 0 Å². The van der Waals surface area contributed by atoms with Gasteiger partial charge in [0.1, 0.15) is 0 Å². The Labute approximate surface area is 193 Å². The molecular formula is C27H27N3OS. The predicted octanol–water partition coefficient (Wildman–Crippen LogP) is 6.28. The van der Waals surface area contributed by atoms with Crippen molar-refractivity contribution < 1.29 is 4.79 Å². The van der Waals surface area contributed by atoms with Gasteiger partial charge in [-0.15, -0.1) is 11.8 Å². The fourth-order valence-electron chi connectivity index (χ4n) is 3.41. The maximum absolute atomic E-state index is 12.7. The summed E-state index contributed by atoms with van der Waals surface area (Å²) in [5.74, 6) is 1.02. The number of aryl methyl sites for hydroxylation is 1. The molecule has 0 saturated carbocycles. The second-order valence-corrected chi connectivity index (χ2v) is 8.87. The maximum atomic E-state index is 12.7. The van der Waals surface area contributed by atoms with E-state index >= 15 is 0 Å². The third kappa shape index (κ3) is 5.29. The Balaban J connectivity index is 1.60. The molecule has 0 atom stereocenters. The van der Waals surface area contributed by atoms with Gasteiger partial charge in [-0.1, -0.05) is 55.0 Å². The van der Waals surface area contributed by atoms with Crippen LogP contribution in [0.5, 0.6) is 0 Å². The minimum Gasteiger partial charge on any atom is -0.348 e. The first kappa shape index (κ1) is 21.9. The van der Waals surface area contributed by atoms with Gasteiger partial charge in [0.05, 0.1) is 11.4 Å². The van der Waals surface area contributed by atoms with Gasteiger partial charge in [0.2, 0.25) is 0 Å². The Morgan fingerprint density at radius 1 is 0.969 bits per heavy atom. The van der Waals surface area contributed by atoms with Crippen molar-refractivity contribution in [1.82, 2.24) is 15.1 Å². The lowest BCUT2D eigenvalue weighted by atomic mass is 10.1. The predicted molar refractivity (Wildman–Crippen MR) is 132 cm³/mol. The lowest BCUT2D eigenvalue weighted by molar-refractivity contribution is 0.0951. The van der Waals surface area contributed by atoms with E-state index in [0.717, 1.165) is 40.2 Å². The summed E-state index contributed by atoms with van der Waals surface area (Å²) in [5, 5.41) is 7.92. The Bertz CT molecular complexity index is 1170. The fraction of sp³-hybridized carbons (Fsp3) is 0.185. The van der Waals surface area contributed by atoms with Crippen LogP contribution in [0.15, 0.2) is 90.0 Å². The van der Waals surface area contributed by atoms with Crippen molar-refractivity contribution in [3.63, 3.8) is 0 Å². The van der Waals surface area contributed by atoms with E-state index in [4.69, 9.17) is 5.10 Å². The number of rotatable bonds is 8. The van der Waals surface area contributed by atoms with Crippen LogP contribution >= 0.6 is 11.8 Å². The number of benzene rings is 3. The highest BCUT2D eigenvalue weighted by atomic mass is 32.2. The number of thioether (sulfide) groups is 1. The Morgan fingerprint density at radius 2 is 1.69 bits per heavy atom. The fourth-order valence-corrected chi connectivity index (χ4v) is 4.17. The second kappa shape index (κ2) is 10.3. The molecular weight excluding hydrogens is 414 g/mol. The van der Waals surface area contributed by atoms with E-state index in [0.29, 0.717) is 12.1 Å². The summed E-state index contributed by atoms with van der Waals surface area (Å²) in [6.45, 7) is 4.61. The molecule has 0 radical (unpaired) electrons. The minimum atomic E-state index is -0.0882. The van der Waals surface area contributed by atoms with E-state index in [1.54, 1.807) is 0 Å². The molecule has 3 aromatic carbocycles. The van der Waals surface area contributed by atoms with Crippen LogP contribution in [0.1, 0.15) is 34.8 Å². The first-order valence-corrected chi connectivity index (χ1v) is 11.8. The van der Waals surface area contributed by atoms with Crippen LogP contribution in [-0.4, -0.2) is 21.4 Å². The number of para-hydroxylation sites is 1. The number of aromatic nitrogens is 2. The van der Waals surface area contributed by atoms with E-state index in [-0.39, 0.29) is 5.91 Å². The summed E-state index contributed by atoms with van der Waals surface area (Å²) < 4.78 is 1.88. The molecule has 32 heavy (non-hydrogen) atoms. The molecule has 5 heteroatoms. The molecule has 0 aliphatic rings. The number of hydrogen-bond acceptors (Lipinski definition) is 3. The van der Waals surface area contributed by atoms with Crippen molar-refractivity contribution in [3.05, 3.63) is 102 Å². The molecule has 0 unspecified atom stereocenters. The second-order valence-electron chi connectivity index (χ2n) is 7.70. The van der Waals surface area contributed by atoms with Crippen LogP contribution in [0, 0.1) is 6.92 Å². The Hall–Kier alpha value is -3.31. The van der Waals surface area contributed by atoms with E-state index in [2.05, 4.69) is 36.5 Å². The van der Waals surface area contributed by atoms with Crippen molar-refractivity contribution in [3.8, 4) is 16.9 Å². The Morgan fingerprint density at radius 3 is 2.38 bits per heavy atom. The highest BCUT2D eigenvalue weighted by molar-refractivity contribution is 7.99. The van der Waals surface area contributed by atoms with Crippen LogP contribution in [0.25, 0.3) is 16.9 Å². The molecule has 0 fully saturated rings. The van der Waals surface area contributed by atoms with Crippen molar-refractivity contribution >= 4 is 17.7 Å². The first-order valence-electron chi connectivity index (χ1n) is 10.9. The van der Waals surface area contributed by atoms with Gasteiger partial charge in [-0.05, 0) is 55.5 Å². The third-order valence-electron chi connectivity index (χ3n) is 5.16. The van der Waals surface area contributed by atoms with Crippen LogP contribution < -0.4 is 5.32 Å². The molecule has 1 N–H and O–H groups in total. The average Bonchev–Trinajstić information content (AvgIpc) is 3.27. The monoisotopic (exact) mass is 441 g/mol. The molecule has 162 valence electrons. The van der Waals surface area contributed by atoms with Gasteiger partial charge in [0, 0.05) is 34.3 Å². The Kier molecular flexibility index (Phi) is 7.07. The largest absolute Gasteiger partial charge is 0.348 e. The van der Waals surface area contributed by atoms with E-state index in [1.807, 2.05) is 84.2 Å². The van der Waals surface area contributed by atoms with Crippen LogP contribution in [0.4, 0.5) is 0 Å². The van der Waals surface area contributed by atoms with E-state index < -0.39 is 0 Å². The van der Waals surface area contributed by atoms with Gasteiger partial charge < -0.3 is 5.32 Å². The van der Waals surface area contributed by atoms with Crippen LogP contribution in [0.3, 0.4) is 0 Å². The quantitative estimate of drug-likeness (QED) is 0.327. The van der Waals surface area contributed by atoms with Gasteiger partial charge in [0.25, 0.3) is 5.91 Å². The number of carbonyl (C=O) groups is 1. The zero-order chi connectivity index (χ0) is 22.3. The first-order chi connectivity index (χ1) is 15.6. The van der Waals surface area contributed by atoms with Gasteiger partial charge in [-0.3, -0.25) is 4.79 Å². The number of nitrogens with one attached hydrogen (secondary N) is 1. The number of hydrogen-bond donors (Lipinski definition) is 1. The third-order valence-corrected chi connectivity index (χ3v) is 6.38. The van der Waals surface area contributed by atoms with Crippen molar-refractivity contribution in [1.29, 1.82) is 0 Å². The van der Waals surface area contributed by atoms with Gasteiger partial charge in [-0.25, -0.2) is 4.68 Å². The normalized spacial score (nSPS) is 10.8. The molecule has 4 rings (SSSR count). The standard InChI is InChI=1S/C27H27N3OS/c1-3-17-32-25-15-13-21(14-16-25)26-23(19-30(29-26)24-7-5-4-6-8-24)18-28-27(31)22-11-9-20(2)10-12-22/h4-16,19H,3,17-18H2,1-2H3,(H,28,31).